The molecule has 21 heavy (non-hydrogen) atoms. The average Bonchev–Trinajstić information content (AvgIpc) is 2.84. The third kappa shape index (κ3) is 3.83. The van der Waals surface area contributed by atoms with Gasteiger partial charge >= 0.3 is 0 Å². The Labute approximate surface area is 132 Å². The summed E-state index contributed by atoms with van der Waals surface area (Å²) in [6.07, 6.45) is 2.19. The van der Waals surface area contributed by atoms with Crippen molar-refractivity contribution in [1.82, 2.24) is 10.3 Å². The molecule has 0 saturated carbocycles. The Balaban J connectivity index is 2.35. The van der Waals surface area contributed by atoms with Crippen LogP contribution in [0.1, 0.15) is 36.4 Å². The molecule has 4 heteroatoms. The van der Waals surface area contributed by atoms with Gasteiger partial charge in [-0.15, -0.1) is 0 Å². The highest BCUT2D eigenvalue weighted by atomic mass is 32.1. The van der Waals surface area contributed by atoms with Crippen LogP contribution in [0.15, 0.2) is 24.3 Å². The first kappa shape index (κ1) is 16.0. The normalized spacial score (nSPS) is 10.9. The van der Waals surface area contributed by atoms with Crippen molar-refractivity contribution < 1.29 is 0 Å². The van der Waals surface area contributed by atoms with Crippen LogP contribution in [0.2, 0.25) is 0 Å². The lowest BCUT2D eigenvalue weighted by Gasteiger charge is -2.20. The van der Waals surface area contributed by atoms with E-state index in [4.69, 9.17) is 4.98 Å². The van der Waals surface area contributed by atoms with Crippen LogP contribution in [-0.4, -0.2) is 18.6 Å². The van der Waals surface area contributed by atoms with Crippen LogP contribution < -0.4 is 10.2 Å². The van der Waals surface area contributed by atoms with Gasteiger partial charge in [-0.3, -0.25) is 0 Å². The summed E-state index contributed by atoms with van der Waals surface area (Å²) in [5, 5.41) is 4.36. The van der Waals surface area contributed by atoms with Gasteiger partial charge in [0.05, 0.1) is 5.69 Å². The number of hydrogen-bond donors (Lipinski definition) is 1. The van der Waals surface area contributed by atoms with Gasteiger partial charge in [-0.05, 0) is 45.0 Å². The van der Waals surface area contributed by atoms with Gasteiger partial charge in [0.2, 0.25) is 0 Å². The maximum absolute atomic E-state index is 4.90. The fraction of sp³-hybridized carbons (Fsp3) is 0.471. The van der Waals surface area contributed by atoms with E-state index < -0.39 is 0 Å². The van der Waals surface area contributed by atoms with Gasteiger partial charge in [-0.25, -0.2) is 4.98 Å². The Hall–Kier alpha value is -1.39. The first-order chi connectivity index (χ1) is 10.2. The summed E-state index contributed by atoms with van der Waals surface area (Å²) in [6, 6.07) is 8.63. The van der Waals surface area contributed by atoms with Crippen molar-refractivity contribution in [3.05, 3.63) is 40.4 Å². The number of thiazole rings is 1. The largest absolute Gasteiger partial charge is 0.318 e. The van der Waals surface area contributed by atoms with E-state index in [-0.39, 0.29) is 0 Å². The number of hydrogen-bond acceptors (Lipinski definition) is 4. The van der Waals surface area contributed by atoms with Crippen molar-refractivity contribution >= 4 is 22.2 Å². The van der Waals surface area contributed by atoms with E-state index in [1.54, 1.807) is 0 Å². The second kappa shape index (κ2) is 7.57. The Kier molecular flexibility index (Phi) is 5.76. The number of nitrogens with one attached hydrogen (secondary N) is 1. The van der Waals surface area contributed by atoms with Crippen molar-refractivity contribution in [2.45, 2.75) is 40.2 Å². The number of anilines is 2. The molecule has 2 aromatic rings. The lowest BCUT2D eigenvalue weighted by Crippen LogP contribution is -2.15. The molecule has 1 aromatic heterocycles. The lowest BCUT2D eigenvalue weighted by molar-refractivity contribution is 0.797. The zero-order valence-electron chi connectivity index (χ0n) is 13.4. The molecule has 114 valence electrons. The maximum atomic E-state index is 4.90. The summed E-state index contributed by atoms with van der Waals surface area (Å²) in [5.74, 6) is 0. The molecule has 1 N–H and O–H groups in total. The Bertz CT molecular complexity index is 554. The molecule has 1 heterocycles. The van der Waals surface area contributed by atoms with E-state index in [1.807, 2.05) is 18.4 Å². The predicted molar refractivity (Wildman–Crippen MR) is 92.7 cm³/mol. The van der Waals surface area contributed by atoms with Gasteiger partial charge < -0.3 is 10.2 Å². The van der Waals surface area contributed by atoms with E-state index in [0.717, 1.165) is 31.1 Å². The minimum Gasteiger partial charge on any atom is -0.318 e. The predicted octanol–water partition coefficient (Wildman–Crippen LogP) is 4.28. The minimum absolute atomic E-state index is 0.901. The SMILES string of the molecule is CCCc1nc(N(CC)c2cccc(C)c2)sc1CNC. The molecule has 0 radical (unpaired) electrons. The standard InChI is InChI=1S/C17H25N3S/c1-5-8-15-16(12-18-4)21-17(19-15)20(6-2)14-10-7-9-13(3)11-14/h7,9-11,18H,5-6,8,12H2,1-4H3. The van der Waals surface area contributed by atoms with Crippen molar-refractivity contribution in [2.75, 3.05) is 18.5 Å². The zero-order chi connectivity index (χ0) is 15.2. The monoisotopic (exact) mass is 303 g/mol. The summed E-state index contributed by atoms with van der Waals surface area (Å²) in [5.41, 5.74) is 3.76. The van der Waals surface area contributed by atoms with Gasteiger partial charge in [0.1, 0.15) is 0 Å². The molecule has 0 amide bonds. The summed E-state index contributed by atoms with van der Waals surface area (Å²) in [7, 11) is 1.99. The summed E-state index contributed by atoms with van der Waals surface area (Å²) in [6.45, 7) is 8.36. The van der Waals surface area contributed by atoms with E-state index in [2.05, 4.69) is 55.3 Å². The van der Waals surface area contributed by atoms with Crippen LogP contribution in [0, 0.1) is 6.92 Å². The number of aryl methyl sites for hydroxylation is 2. The Morgan fingerprint density at radius 1 is 1.29 bits per heavy atom. The minimum atomic E-state index is 0.901. The van der Waals surface area contributed by atoms with Crippen LogP contribution in [0.25, 0.3) is 0 Å². The molecular formula is C17H25N3S. The number of benzene rings is 1. The van der Waals surface area contributed by atoms with Crippen molar-refractivity contribution in [1.29, 1.82) is 0 Å². The van der Waals surface area contributed by atoms with Crippen LogP contribution in [0.4, 0.5) is 10.8 Å². The third-order valence-electron chi connectivity index (χ3n) is 3.45. The molecule has 0 bridgehead atoms. The first-order valence-electron chi connectivity index (χ1n) is 7.67. The third-order valence-corrected chi connectivity index (χ3v) is 4.57. The Morgan fingerprint density at radius 2 is 2.10 bits per heavy atom. The topological polar surface area (TPSA) is 28.2 Å². The van der Waals surface area contributed by atoms with Crippen molar-refractivity contribution in [3.8, 4) is 0 Å². The molecule has 0 spiro atoms. The summed E-state index contributed by atoms with van der Waals surface area (Å²) < 4.78 is 0. The quantitative estimate of drug-likeness (QED) is 0.827. The molecule has 0 atom stereocenters. The fourth-order valence-electron chi connectivity index (χ4n) is 2.44. The lowest BCUT2D eigenvalue weighted by atomic mass is 10.2. The summed E-state index contributed by atoms with van der Waals surface area (Å²) in [4.78, 5) is 8.56. The molecule has 0 aliphatic carbocycles. The fourth-order valence-corrected chi connectivity index (χ4v) is 3.64. The van der Waals surface area contributed by atoms with Crippen LogP contribution in [0.5, 0.6) is 0 Å². The highest BCUT2D eigenvalue weighted by Gasteiger charge is 2.16. The van der Waals surface area contributed by atoms with Gasteiger partial charge in [-0.2, -0.15) is 0 Å². The average molecular weight is 303 g/mol. The highest BCUT2D eigenvalue weighted by Crippen LogP contribution is 2.32. The van der Waals surface area contributed by atoms with Crippen LogP contribution in [0.3, 0.4) is 0 Å². The van der Waals surface area contributed by atoms with E-state index in [9.17, 15) is 0 Å². The second-order valence-electron chi connectivity index (χ2n) is 5.23. The molecule has 2 rings (SSSR count). The van der Waals surface area contributed by atoms with Crippen LogP contribution >= 0.6 is 11.3 Å². The first-order valence-corrected chi connectivity index (χ1v) is 8.48. The van der Waals surface area contributed by atoms with E-state index in [1.165, 1.54) is 21.8 Å². The van der Waals surface area contributed by atoms with Gasteiger partial charge in [0.25, 0.3) is 0 Å². The number of nitrogens with zero attached hydrogens (tertiary/aromatic N) is 2. The molecule has 0 unspecified atom stereocenters. The van der Waals surface area contributed by atoms with Crippen molar-refractivity contribution in [3.63, 3.8) is 0 Å². The Morgan fingerprint density at radius 3 is 2.71 bits per heavy atom. The van der Waals surface area contributed by atoms with Gasteiger partial charge in [0.15, 0.2) is 5.13 Å². The summed E-state index contributed by atoms with van der Waals surface area (Å²) >= 11 is 1.81. The number of aromatic nitrogens is 1. The van der Waals surface area contributed by atoms with Crippen molar-refractivity contribution in [2.24, 2.45) is 0 Å². The highest BCUT2D eigenvalue weighted by molar-refractivity contribution is 7.15. The second-order valence-corrected chi connectivity index (χ2v) is 6.29. The molecule has 0 saturated heterocycles. The molecular weight excluding hydrogens is 278 g/mol. The molecule has 1 aromatic carbocycles. The van der Waals surface area contributed by atoms with Gasteiger partial charge in [0, 0.05) is 23.7 Å². The molecule has 3 nitrogen and oxygen atoms in total. The molecule has 0 fully saturated rings. The molecule has 0 aliphatic heterocycles. The molecule has 0 aliphatic rings. The van der Waals surface area contributed by atoms with Gasteiger partial charge in [-0.1, -0.05) is 36.8 Å². The smallest absolute Gasteiger partial charge is 0.190 e. The van der Waals surface area contributed by atoms with E-state index in [0.29, 0.717) is 0 Å². The number of rotatable bonds is 7. The maximum Gasteiger partial charge on any atom is 0.190 e. The van der Waals surface area contributed by atoms with E-state index >= 15 is 0 Å². The van der Waals surface area contributed by atoms with Crippen LogP contribution in [-0.2, 0) is 13.0 Å². The zero-order valence-corrected chi connectivity index (χ0v) is 14.3.